The first-order valence-electron chi connectivity index (χ1n) is 20.6. The molecule has 0 bridgehead atoms. The topological polar surface area (TPSA) is 108 Å². The third kappa shape index (κ3) is 32.7. The van der Waals surface area contributed by atoms with Gasteiger partial charge in [-0.05, 0) is 25.2 Å². The van der Waals surface area contributed by atoms with Gasteiger partial charge in [-0.2, -0.15) is 0 Å². The highest BCUT2D eigenvalue weighted by atomic mass is 31.2. The Labute approximate surface area is 309 Å². The Kier molecular flexibility index (Phi) is 32.8. The second-order valence-electron chi connectivity index (χ2n) is 15.0. The first-order chi connectivity index (χ1) is 24.1. The molecule has 3 atom stereocenters. The molecule has 0 aromatic heterocycles. The Balaban J connectivity index is 4.61. The fourth-order valence-corrected chi connectivity index (χ4v) is 6.76. The van der Waals surface area contributed by atoms with Gasteiger partial charge in [-0.1, -0.05) is 167 Å². The number of rotatable bonds is 37. The molecule has 8 nitrogen and oxygen atoms in total. The largest absolute Gasteiger partial charge is 0.756 e. The predicted octanol–water partition coefficient (Wildman–Crippen LogP) is 9.78. The number of carbonyl (C=O) groups is 1. The smallest absolute Gasteiger partial charge is 0.268 e. The van der Waals surface area contributed by atoms with Crippen molar-refractivity contribution in [1.82, 2.24) is 5.32 Å². The highest BCUT2D eigenvalue weighted by molar-refractivity contribution is 7.45. The van der Waals surface area contributed by atoms with Crippen LogP contribution in [0.25, 0.3) is 0 Å². The molecule has 0 aromatic rings. The molecule has 0 saturated carbocycles. The normalized spacial score (nSPS) is 14.4. The number of unbranched alkanes of at least 4 members (excludes halogenated alkanes) is 23. The van der Waals surface area contributed by atoms with E-state index in [1.807, 2.05) is 20.2 Å². The Morgan fingerprint density at radius 1 is 0.780 bits per heavy atom. The Morgan fingerprint density at radius 3 is 1.68 bits per heavy atom. The zero-order valence-electron chi connectivity index (χ0n) is 33.0. The average molecular weight is 727 g/mol. The van der Waals surface area contributed by atoms with Crippen molar-refractivity contribution in [3.8, 4) is 12.3 Å². The summed E-state index contributed by atoms with van der Waals surface area (Å²) in [4.78, 5) is 25.3. The Bertz CT molecular complexity index is 906. The summed E-state index contributed by atoms with van der Waals surface area (Å²) in [6.07, 6.45) is 39.0. The van der Waals surface area contributed by atoms with Crippen LogP contribution in [-0.4, -0.2) is 68.0 Å². The van der Waals surface area contributed by atoms with Gasteiger partial charge in [0.05, 0.1) is 32.8 Å². The first-order valence-corrected chi connectivity index (χ1v) is 22.0. The molecular weight excluding hydrogens is 647 g/mol. The van der Waals surface area contributed by atoms with Crippen LogP contribution in [0.5, 0.6) is 0 Å². The Hall–Kier alpha value is -1.20. The summed E-state index contributed by atoms with van der Waals surface area (Å²) in [6.45, 7) is 4.85. The van der Waals surface area contributed by atoms with Crippen LogP contribution in [0.15, 0.2) is 12.2 Å². The van der Waals surface area contributed by atoms with Crippen molar-refractivity contribution >= 4 is 13.7 Å². The third-order valence-electron chi connectivity index (χ3n) is 9.45. The second kappa shape index (κ2) is 33.6. The van der Waals surface area contributed by atoms with Crippen LogP contribution in [0, 0.1) is 12.3 Å². The number of hydrogen-bond donors (Lipinski definition) is 2. The van der Waals surface area contributed by atoms with Crippen LogP contribution in [0.2, 0.25) is 0 Å². The maximum absolute atomic E-state index is 12.8. The van der Waals surface area contributed by atoms with E-state index in [-0.39, 0.29) is 12.5 Å². The fraction of sp³-hybridized carbons (Fsp3) is 0.878. The summed E-state index contributed by atoms with van der Waals surface area (Å²) in [5.74, 6) is 2.36. The fourth-order valence-electron chi connectivity index (χ4n) is 6.04. The lowest BCUT2D eigenvalue weighted by Crippen LogP contribution is -2.46. The number of phosphoric acid groups is 1. The number of likely N-dealkylation sites (N-methyl/N-ethyl adjacent to an activating group) is 1. The molecule has 0 aliphatic heterocycles. The van der Waals surface area contributed by atoms with Crippen LogP contribution in [0.3, 0.4) is 0 Å². The van der Waals surface area contributed by atoms with E-state index in [9.17, 15) is 19.4 Å². The SMILES string of the molecule is C#CC[N+](C)(C)CCOP(=O)([O-])OC[C@H](NC(=O)CCCCCCCCCCCCCCC)[C@H](O)/C=C/CCCCCCCCCCCCC. The molecule has 0 saturated heterocycles. The zero-order valence-corrected chi connectivity index (χ0v) is 33.9. The first kappa shape index (κ1) is 48.8. The molecule has 2 N–H and O–H groups in total. The van der Waals surface area contributed by atoms with Gasteiger partial charge < -0.3 is 28.8 Å². The minimum absolute atomic E-state index is 0.0764. The summed E-state index contributed by atoms with van der Waals surface area (Å²) < 4.78 is 23.1. The highest BCUT2D eigenvalue weighted by Crippen LogP contribution is 2.38. The molecule has 9 heteroatoms. The lowest BCUT2D eigenvalue weighted by molar-refractivity contribution is -0.883. The zero-order chi connectivity index (χ0) is 37.2. The molecule has 0 spiro atoms. The molecule has 1 amide bonds. The van der Waals surface area contributed by atoms with Gasteiger partial charge in [-0.15, -0.1) is 6.42 Å². The van der Waals surface area contributed by atoms with Gasteiger partial charge in [0.2, 0.25) is 5.91 Å². The van der Waals surface area contributed by atoms with E-state index >= 15 is 0 Å². The van der Waals surface area contributed by atoms with Crippen LogP contribution in [0.4, 0.5) is 0 Å². The van der Waals surface area contributed by atoms with Crippen LogP contribution in [-0.2, 0) is 18.4 Å². The van der Waals surface area contributed by atoms with Crippen molar-refractivity contribution in [3.05, 3.63) is 12.2 Å². The number of quaternary nitrogens is 1. The van der Waals surface area contributed by atoms with E-state index in [1.165, 1.54) is 122 Å². The maximum Gasteiger partial charge on any atom is 0.268 e. The van der Waals surface area contributed by atoms with E-state index in [0.29, 0.717) is 24.0 Å². The van der Waals surface area contributed by atoms with Gasteiger partial charge in [0.25, 0.3) is 7.82 Å². The molecule has 0 heterocycles. The van der Waals surface area contributed by atoms with Crippen molar-refractivity contribution in [1.29, 1.82) is 0 Å². The van der Waals surface area contributed by atoms with E-state index in [0.717, 1.165) is 38.5 Å². The molecule has 294 valence electrons. The number of nitrogens with zero attached hydrogens (tertiary/aromatic N) is 1. The number of aliphatic hydroxyl groups is 1. The number of carbonyl (C=O) groups excluding carboxylic acids is 1. The summed E-state index contributed by atoms with van der Waals surface area (Å²) in [5.41, 5.74) is 0. The molecule has 0 rings (SSSR count). The minimum atomic E-state index is -4.64. The predicted molar refractivity (Wildman–Crippen MR) is 209 cm³/mol. The summed E-state index contributed by atoms with van der Waals surface area (Å²) in [7, 11) is -0.862. The third-order valence-corrected chi connectivity index (χ3v) is 10.4. The number of nitrogens with one attached hydrogen (secondary N) is 1. The minimum Gasteiger partial charge on any atom is -0.756 e. The maximum atomic E-state index is 12.8. The molecule has 0 aliphatic rings. The number of terminal acetylenes is 1. The lowest BCUT2D eigenvalue weighted by atomic mass is 10.0. The van der Waals surface area contributed by atoms with E-state index in [4.69, 9.17) is 15.5 Å². The quantitative estimate of drug-likeness (QED) is 0.0217. The van der Waals surface area contributed by atoms with E-state index in [2.05, 4.69) is 25.1 Å². The van der Waals surface area contributed by atoms with Gasteiger partial charge in [0.15, 0.2) is 0 Å². The summed E-state index contributed by atoms with van der Waals surface area (Å²) in [6, 6.07) is -0.905. The molecule has 0 aliphatic carbocycles. The van der Waals surface area contributed by atoms with Crippen LogP contribution < -0.4 is 10.2 Å². The van der Waals surface area contributed by atoms with Crippen molar-refractivity contribution in [2.45, 2.75) is 193 Å². The summed E-state index contributed by atoms with van der Waals surface area (Å²) >= 11 is 0. The monoisotopic (exact) mass is 727 g/mol. The van der Waals surface area contributed by atoms with Crippen molar-refractivity contribution in [2.75, 3.05) is 40.4 Å². The number of amides is 1. The van der Waals surface area contributed by atoms with E-state index in [1.54, 1.807) is 6.08 Å². The number of hydrogen-bond acceptors (Lipinski definition) is 6. The van der Waals surface area contributed by atoms with Crippen LogP contribution in [0.1, 0.15) is 181 Å². The molecule has 0 radical (unpaired) electrons. The number of allylic oxidation sites excluding steroid dienone is 1. The van der Waals surface area contributed by atoms with Crippen molar-refractivity contribution in [2.24, 2.45) is 0 Å². The van der Waals surface area contributed by atoms with Gasteiger partial charge in [-0.25, -0.2) is 0 Å². The summed E-state index contributed by atoms with van der Waals surface area (Å²) in [5, 5.41) is 13.7. The number of aliphatic hydroxyl groups excluding tert-OH is 1. The molecular formula is C41H79N2O6P. The van der Waals surface area contributed by atoms with E-state index < -0.39 is 26.6 Å². The molecule has 0 aromatic carbocycles. The van der Waals surface area contributed by atoms with Crippen molar-refractivity contribution in [3.63, 3.8) is 0 Å². The molecule has 0 fully saturated rings. The van der Waals surface area contributed by atoms with Gasteiger partial charge >= 0.3 is 0 Å². The number of phosphoric ester groups is 1. The standard InChI is InChI=1S/C41H79N2O6P/c1-6-9-11-13-15-17-19-21-23-25-27-29-31-33-40(44)39(38-49-50(46,47)48-37-36-43(4,5)35-8-3)42-41(45)34-32-30-28-26-24-22-20-18-16-14-12-10-7-2/h3,31,33,39-40,44H,6-7,9-30,32,34-38H2,1-2,4-5H3,(H-,42,45,46,47)/b33-31+/t39-,40+/m0/s1. The average Bonchev–Trinajstić information content (AvgIpc) is 3.07. The second-order valence-corrected chi connectivity index (χ2v) is 16.4. The van der Waals surface area contributed by atoms with Crippen LogP contribution >= 0.6 is 7.82 Å². The van der Waals surface area contributed by atoms with Gasteiger partial charge in [0.1, 0.15) is 19.7 Å². The Morgan fingerprint density at radius 2 is 1.22 bits per heavy atom. The van der Waals surface area contributed by atoms with Gasteiger partial charge in [0, 0.05) is 6.42 Å². The van der Waals surface area contributed by atoms with Gasteiger partial charge in [-0.3, -0.25) is 9.36 Å². The molecule has 1 unspecified atom stereocenters. The highest BCUT2D eigenvalue weighted by Gasteiger charge is 2.23. The van der Waals surface area contributed by atoms with Crippen molar-refractivity contribution < 1.29 is 32.9 Å². The molecule has 50 heavy (non-hydrogen) atoms. The lowest BCUT2D eigenvalue weighted by Gasteiger charge is -2.30.